The SMILES string of the molecule is COc1ccc(NC(=O)C23CC(C)CC(CC(C)C2)C3)cc1. The smallest absolute Gasteiger partial charge is 0.230 e. The van der Waals surface area contributed by atoms with E-state index >= 15 is 0 Å². The molecule has 1 N–H and O–H groups in total. The highest BCUT2D eigenvalue weighted by molar-refractivity contribution is 5.95. The number of amides is 1. The summed E-state index contributed by atoms with van der Waals surface area (Å²) in [5, 5.41) is 3.16. The molecule has 0 spiro atoms. The van der Waals surface area contributed by atoms with Gasteiger partial charge in [-0.1, -0.05) is 13.8 Å². The zero-order valence-electron chi connectivity index (χ0n) is 13.9. The van der Waals surface area contributed by atoms with E-state index in [9.17, 15) is 4.79 Å². The average Bonchev–Trinajstić information content (AvgIpc) is 2.46. The highest BCUT2D eigenvalue weighted by Crippen LogP contribution is 2.53. The third kappa shape index (κ3) is 2.99. The van der Waals surface area contributed by atoms with Crippen LogP contribution in [0.15, 0.2) is 24.3 Å². The van der Waals surface area contributed by atoms with Gasteiger partial charge in [0.2, 0.25) is 5.91 Å². The van der Waals surface area contributed by atoms with Crippen LogP contribution in [-0.2, 0) is 4.79 Å². The third-order valence-electron chi connectivity index (χ3n) is 5.46. The highest BCUT2D eigenvalue weighted by Gasteiger charge is 2.48. The predicted molar refractivity (Wildman–Crippen MR) is 89.0 cm³/mol. The Bertz CT molecular complexity index is 517. The Morgan fingerprint density at radius 3 is 2.23 bits per heavy atom. The van der Waals surface area contributed by atoms with Crippen LogP contribution in [0, 0.1) is 23.2 Å². The first-order chi connectivity index (χ1) is 10.5. The molecule has 2 unspecified atom stereocenters. The Morgan fingerprint density at radius 2 is 1.68 bits per heavy atom. The van der Waals surface area contributed by atoms with Crippen LogP contribution >= 0.6 is 0 Å². The van der Waals surface area contributed by atoms with Crippen molar-refractivity contribution in [3.05, 3.63) is 24.3 Å². The highest BCUT2D eigenvalue weighted by atomic mass is 16.5. The van der Waals surface area contributed by atoms with Crippen LogP contribution in [0.25, 0.3) is 0 Å². The molecule has 2 aliphatic rings. The zero-order chi connectivity index (χ0) is 15.7. The molecule has 0 aromatic heterocycles. The molecular weight excluding hydrogens is 274 g/mol. The molecule has 0 saturated heterocycles. The summed E-state index contributed by atoms with van der Waals surface area (Å²) in [4.78, 5) is 13.0. The Hall–Kier alpha value is -1.51. The number of carbonyl (C=O) groups excluding carboxylic acids is 1. The van der Waals surface area contributed by atoms with Crippen molar-refractivity contribution < 1.29 is 9.53 Å². The molecule has 2 atom stereocenters. The standard InChI is InChI=1S/C19H27NO2/c1-13-8-15-9-14(2)11-19(10-13,12-15)18(21)20-16-4-6-17(22-3)7-5-16/h4-7,13-15H,8-12H2,1-3H3,(H,20,21). The first-order valence-electron chi connectivity index (χ1n) is 8.46. The monoisotopic (exact) mass is 301 g/mol. The van der Waals surface area contributed by atoms with Crippen LogP contribution in [0.3, 0.4) is 0 Å². The lowest BCUT2D eigenvalue weighted by atomic mass is 9.56. The number of nitrogens with one attached hydrogen (secondary N) is 1. The van der Waals surface area contributed by atoms with Gasteiger partial charge in [0, 0.05) is 5.69 Å². The maximum Gasteiger partial charge on any atom is 0.230 e. The van der Waals surface area contributed by atoms with Crippen LogP contribution < -0.4 is 10.1 Å². The van der Waals surface area contributed by atoms with E-state index in [1.54, 1.807) is 7.11 Å². The van der Waals surface area contributed by atoms with Gasteiger partial charge in [0.15, 0.2) is 0 Å². The largest absolute Gasteiger partial charge is 0.497 e. The predicted octanol–water partition coefficient (Wildman–Crippen LogP) is 4.49. The van der Waals surface area contributed by atoms with Gasteiger partial charge in [-0.05, 0) is 74.1 Å². The molecule has 2 aliphatic carbocycles. The second-order valence-corrected chi connectivity index (χ2v) is 7.62. The van der Waals surface area contributed by atoms with Crippen molar-refractivity contribution in [1.82, 2.24) is 0 Å². The van der Waals surface area contributed by atoms with Crippen molar-refractivity contribution in [2.24, 2.45) is 23.2 Å². The lowest BCUT2D eigenvalue weighted by molar-refractivity contribution is -0.133. The Balaban J connectivity index is 1.76. The van der Waals surface area contributed by atoms with E-state index in [1.807, 2.05) is 24.3 Å². The molecule has 2 fully saturated rings. The van der Waals surface area contributed by atoms with E-state index in [2.05, 4.69) is 19.2 Å². The topological polar surface area (TPSA) is 38.3 Å². The summed E-state index contributed by atoms with van der Waals surface area (Å²) in [5.74, 6) is 3.09. The van der Waals surface area contributed by atoms with Gasteiger partial charge in [0.25, 0.3) is 0 Å². The van der Waals surface area contributed by atoms with E-state index in [-0.39, 0.29) is 11.3 Å². The van der Waals surface area contributed by atoms with Crippen LogP contribution in [0.1, 0.15) is 46.0 Å². The molecule has 120 valence electrons. The van der Waals surface area contributed by atoms with Gasteiger partial charge < -0.3 is 10.1 Å². The second-order valence-electron chi connectivity index (χ2n) is 7.62. The Morgan fingerprint density at radius 1 is 1.09 bits per heavy atom. The number of anilines is 1. The van der Waals surface area contributed by atoms with E-state index < -0.39 is 0 Å². The molecule has 0 aliphatic heterocycles. The van der Waals surface area contributed by atoms with Crippen molar-refractivity contribution in [1.29, 1.82) is 0 Å². The van der Waals surface area contributed by atoms with E-state index in [4.69, 9.17) is 4.74 Å². The number of ether oxygens (including phenoxy) is 1. The number of hydrogen-bond donors (Lipinski definition) is 1. The van der Waals surface area contributed by atoms with Crippen LogP contribution in [0.5, 0.6) is 5.75 Å². The third-order valence-corrected chi connectivity index (χ3v) is 5.46. The first kappa shape index (κ1) is 15.4. The Kier molecular flexibility index (Phi) is 4.16. The number of hydrogen-bond acceptors (Lipinski definition) is 2. The molecule has 2 bridgehead atoms. The van der Waals surface area contributed by atoms with E-state index in [0.717, 1.165) is 36.6 Å². The van der Waals surface area contributed by atoms with E-state index in [0.29, 0.717) is 11.8 Å². The van der Waals surface area contributed by atoms with Crippen molar-refractivity contribution >= 4 is 11.6 Å². The molecule has 1 amide bonds. The van der Waals surface area contributed by atoms with Crippen molar-refractivity contribution in [2.45, 2.75) is 46.0 Å². The molecule has 3 nitrogen and oxygen atoms in total. The van der Waals surface area contributed by atoms with Crippen molar-refractivity contribution in [2.75, 3.05) is 12.4 Å². The molecule has 1 aromatic carbocycles. The molecule has 22 heavy (non-hydrogen) atoms. The molecular formula is C19H27NO2. The molecule has 2 saturated carbocycles. The summed E-state index contributed by atoms with van der Waals surface area (Å²) in [5.41, 5.74) is 0.716. The fourth-order valence-electron chi connectivity index (χ4n) is 4.92. The summed E-state index contributed by atoms with van der Waals surface area (Å²) >= 11 is 0. The molecule has 1 aromatic rings. The normalized spacial score (nSPS) is 34.0. The minimum absolute atomic E-state index is 0.153. The summed E-state index contributed by atoms with van der Waals surface area (Å²) in [7, 11) is 1.65. The summed E-state index contributed by atoms with van der Waals surface area (Å²) < 4.78 is 5.17. The lowest BCUT2D eigenvalue weighted by Gasteiger charge is -2.48. The van der Waals surface area contributed by atoms with Gasteiger partial charge in [-0.2, -0.15) is 0 Å². The van der Waals surface area contributed by atoms with Gasteiger partial charge in [-0.3, -0.25) is 4.79 Å². The molecule has 3 heteroatoms. The Labute approximate surface area is 133 Å². The van der Waals surface area contributed by atoms with Crippen LogP contribution in [0.2, 0.25) is 0 Å². The number of carbonyl (C=O) groups is 1. The van der Waals surface area contributed by atoms with E-state index in [1.165, 1.54) is 12.8 Å². The number of fused-ring (bicyclic) bond motifs is 2. The number of rotatable bonds is 3. The van der Waals surface area contributed by atoms with Gasteiger partial charge in [-0.25, -0.2) is 0 Å². The fourth-order valence-corrected chi connectivity index (χ4v) is 4.92. The fraction of sp³-hybridized carbons (Fsp3) is 0.632. The zero-order valence-corrected chi connectivity index (χ0v) is 13.9. The van der Waals surface area contributed by atoms with Crippen LogP contribution in [-0.4, -0.2) is 13.0 Å². The van der Waals surface area contributed by atoms with Gasteiger partial charge in [-0.15, -0.1) is 0 Å². The second kappa shape index (κ2) is 5.94. The molecule has 3 rings (SSSR count). The van der Waals surface area contributed by atoms with Gasteiger partial charge in [0.1, 0.15) is 5.75 Å². The summed E-state index contributed by atoms with van der Waals surface area (Å²) in [6, 6.07) is 7.62. The minimum Gasteiger partial charge on any atom is -0.497 e. The van der Waals surface area contributed by atoms with Crippen molar-refractivity contribution in [3.63, 3.8) is 0 Å². The summed E-state index contributed by atoms with van der Waals surface area (Å²) in [6.07, 6.45) is 5.74. The maximum atomic E-state index is 13.0. The molecule has 0 heterocycles. The molecule has 0 radical (unpaired) electrons. The van der Waals surface area contributed by atoms with Crippen molar-refractivity contribution in [3.8, 4) is 5.75 Å². The maximum absolute atomic E-state index is 13.0. The van der Waals surface area contributed by atoms with Gasteiger partial charge >= 0.3 is 0 Å². The minimum atomic E-state index is -0.153. The lowest BCUT2D eigenvalue weighted by Crippen LogP contribution is -2.47. The quantitative estimate of drug-likeness (QED) is 0.893. The number of methoxy groups -OCH3 is 1. The van der Waals surface area contributed by atoms with Gasteiger partial charge in [0.05, 0.1) is 12.5 Å². The summed E-state index contributed by atoms with van der Waals surface area (Å²) in [6.45, 7) is 4.61. The number of benzene rings is 1. The average molecular weight is 301 g/mol. The first-order valence-corrected chi connectivity index (χ1v) is 8.46. The van der Waals surface area contributed by atoms with Crippen LogP contribution in [0.4, 0.5) is 5.69 Å².